The van der Waals surface area contributed by atoms with Gasteiger partial charge in [0.1, 0.15) is 0 Å². The number of amides is 1. The summed E-state index contributed by atoms with van der Waals surface area (Å²) >= 11 is 1.84. The molecule has 0 radical (unpaired) electrons. The molecule has 110 valence electrons. The highest BCUT2D eigenvalue weighted by Gasteiger charge is 2.22. The van der Waals surface area contributed by atoms with Gasteiger partial charge in [-0.15, -0.1) is 0 Å². The molecule has 4 heteroatoms. The molecule has 0 spiro atoms. The van der Waals surface area contributed by atoms with Crippen LogP contribution in [0.25, 0.3) is 0 Å². The molecule has 20 heavy (non-hydrogen) atoms. The number of hydrogen-bond acceptors (Lipinski definition) is 3. The molecule has 0 saturated carbocycles. The summed E-state index contributed by atoms with van der Waals surface area (Å²) in [6.07, 6.45) is 0. The lowest BCUT2D eigenvalue weighted by Gasteiger charge is -2.24. The zero-order valence-electron chi connectivity index (χ0n) is 12.5. The summed E-state index contributed by atoms with van der Waals surface area (Å²) in [5.74, 6) is 2.61. The van der Waals surface area contributed by atoms with Gasteiger partial charge in [-0.1, -0.05) is 38.1 Å². The van der Waals surface area contributed by atoms with Crippen LogP contribution in [0.3, 0.4) is 0 Å². The fraction of sp³-hybridized carbons (Fsp3) is 0.562. The van der Waals surface area contributed by atoms with Gasteiger partial charge in [0, 0.05) is 18.1 Å². The Hall–Kier alpha value is -1.00. The van der Waals surface area contributed by atoms with Crippen molar-refractivity contribution in [3.63, 3.8) is 0 Å². The molecule has 2 rings (SSSR count). The van der Waals surface area contributed by atoms with Crippen molar-refractivity contribution in [1.82, 2.24) is 10.6 Å². The Morgan fingerprint density at radius 2 is 1.90 bits per heavy atom. The van der Waals surface area contributed by atoms with Crippen LogP contribution in [0.4, 0.5) is 0 Å². The second-order valence-electron chi connectivity index (χ2n) is 5.63. The number of nitrogens with one attached hydrogen (secondary N) is 2. The van der Waals surface area contributed by atoms with E-state index in [4.69, 9.17) is 0 Å². The van der Waals surface area contributed by atoms with Gasteiger partial charge >= 0.3 is 0 Å². The van der Waals surface area contributed by atoms with Crippen LogP contribution >= 0.6 is 11.8 Å². The molecule has 0 aromatic heterocycles. The second kappa shape index (κ2) is 7.14. The van der Waals surface area contributed by atoms with Crippen molar-refractivity contribution in [2.45, 2.75) is 38.8 Å². The van der Waals surface area contributed by atoms with Gasteiger partial charge in [0.25, 0.3) is 0 Å². The maximum atomic E-state index is 12.2. The number of carbonyl (C=O) groups is 1. The molecule has 1 aromatic carbocycles. The van der Waals surface area contributed by atoms with Gasteiger partial charge in [-0.3, -0.25) is 4.79 Å². The van der Waals surface area contributed by atoms with E-state index in [9.17, 15) is 4.79 Å². The van der Waals surface area contributed by atoms with E-state index in [1.165, 1.54) is 5.56 Å². The molecule has 1 aliphatic rings. The molecule has 0 bridgehead atoms. The Bertz CT molecular complexity index is 438. The zero-order valence-corrected chi connectivity index (χ0v) is 13.3. The molecule has 3 nitrogen and oxygen atoms in total. The highest BCUT2D eigenvalue weighted by atomic mass is 32.2. The molecule has 1 amide bonds. The molecule has 2 N–H and O–H groups in total. The largest absolute Gasteiger partial charge is 0.348 e. The van der Waals surface area contributed by atoms with Crippen LogP contribution in [0.1, 0.15) is 43.9 Å². The van der Waals surface area contributed by atoms with E-state index >= 15 is 0 Å². The molecule has 1 aromatic rings. The van der Waals surface area contributed by atoms with Crippen LogP contribution in [0, 0.1) is 0 Å². The number of rotatable bonds is 4. The number of hydrogen-bond donors (Lipinski definition) is 2. The van der Waals surface area contributed by atoms with E-state index in [0.29, 0.717) is 5.92 Å². The van der Waals surface area contributed by atoms with Crippen LogP contribution in [0.5, 0.6) is 0 Å². The summed E-state index contributed by atoms with van der Waals surface area (Å²) in [5, 5.41) is 6.37. The lowest BCUT2D eigenvalue weighted by molar-refractivity contribution is -0.123. The predicted molar refractivity (Wildman–Crippen MR) is 86.2 cm³/mol. The van der Waals surface area contributed by atoms with Crippen molar-refractivity contribution in [3.8, 4) is 0 Å². The van der Waals surface area contributed by atoms with Crippen molar-refractivity contribution in [2.75, 3.05) is 18.1 Å². The van der Waals surface area contributed by atoms with Gasteiger partial charge in [0.15, 0.2) is 0 Å². The molecule has 1 heterocycles. The predicted octanol–water partition coefficient (Wildman–Crippen LogP) is 2.69. The summed E-state index contributed by atoms with van der Waals surface area (Å²) < 4.78 is 0. The number of carbonyl (C=O) groups excluding carboxylic acids is 1. The minimum absolute atomic E-state index is 0.0499. The molecular weight excluding hydrogens is 268 g/mol. The molecule has 1 aliphatic heterocycles. The lowest BCUT2D eigenvalue weighted by atomic mass is 9.99. The van der Waals surface area contributed by atoms with Gasteiger partial charge in [0.05, 0.1) is 12.1 Å². The maximum absolute atomic E-state index is 12.2. The first-order valence-corrected chi connectivity index (χ1v) is 8.44. The third-order valence-corrected chi connectivity index (χ3v) is 4.76. The Morgan fingerprint density at radius 3 is 2.45 bits per heavy atom. The van der Waals surface area contributed by atoms with Crippen molar-refractivity contribution >= 4 is 17.7 Å². The molecular formula is C16H24N2OS. The van der Waals surface area contributed by atoms with Gasteiger partial charge in [-0.25, -0.2) is 0 Å². The van der Waals surface area contributed by atoms with Crippen molar-refractivity contribution < 1.29 is 4.79 Å². The van der Waals surface area contributed by atoms with E-state index < -0.39 is 0 Å². The average Bonchev–Trinajstić information content (AvgIpc) is 2.48. The first-order valence-electron chi connectivity index (χ1n) is 7.29. The monoisotopic (exact) mass is 292 g/mol. The summed E-state index contributed by atoms with van der Waals surface area (Å²) in [5.41, 5.74) is 2.49. The number of thioether (sulfide) groups is 1. The van der Waals surface area contributed by atoms with Crippen molar-refractivity contribution in [1.29, 1.82) is 0 Å². The van der Waals surface area contributed by atoms with E-state index in [0.717, 1.165) is 23.6 Å². The van der Waals surface area contributed by atoms with E-state index in [1.807, 2.05) is 18.7 Å². The summed E-state index contributed by atoms with van der Waals surface area (Å²) in [6.45, 7) is 7.33. The minimum Gasteiger partial charge on any atom is -0.348 e. The van der Waals surface area contributed by atoms with Gasteiger partial charge in [-0.05, 0) is 24.0 Å². The van der Waals surface area contributed by atoms with E-state index in [1.54, 1.807) is 0 Å². The topological polar surface area (TPSA) is 41.1 Å². The fourth-order valence-corrected chi connectivity index (χ4v) is 3.23. The first-order chi connectivity index (χ1) is 9.58. The van der Waals surface area contributed by atoms with Crippen LogP contribution in [-0.2, 0) is 4.79 Å². The third kappa shape index (κ3) is 4.00. The van der Waals surface area contributed by atoms with Crippen molar-refractivity contribution in [3.05, 3.63) is 35.4 Å². The molecule has 1 saturated heterocycles. The summed E-state index contributed by atoms with van der Waals surface area (Å²) in [4.78, 5) is 12.2. The highest BCUT2D eigenvalue weighted by molar-refractivity contribution is 7.99. The third-order valence-electron chi connectivity index (χ3n) is 3.70. The first kappa shape index (κ1) is 15.4. The molecule has 2 unspecified atom stereocenters. The van der Waals surface area contributed by atoms with Crippen LogP contribution in [0.15, 0.2) is 24.3 Å². The Kier molecular flexibility index (Phi) is 5.49. The highest BCUT2D eigenvalue weighted by Crippen LogP contribution is 2.19. The van der Waals surface area contributed by atoms with Gasteiger partial charge in [-0.2, -0.15) is 11.8 Å². The SMILES string of the molecule is CC(C)c1ccc(C(C)NC(=O)C2CSCCN2)cc1. The van der Waals surface area contributed by atoms with Crippen LogP contribution in [-0.4, -0.2) is 30.0 Å². The van der Waals surface area contributed by atoms with Crippen LogP contribution in [0.2, 0.25) is 0 Å². The molecule has 0 aliphatic carbocycles. The van der Waals surface area contributed by atoms with E-state index in [-0.39, 0.29) is 18.0 Å². The van der Waals surface area contributed by atoms with Gasteiger partial charge in [0.2, 0.25) is 5.91 Å². The summed E-state index contributed by atoms with van der Waals surface area (Å²) in [7, 11) is 0. The maximum Gasteiger partial charge on any atom is 0.238 e. The van der Waals surface area contributed by atoms with E-state index in [2.05, 4.69) is 48.7 Å². The molecule has 1 fully saturated rings. The standard InChI is InChI=1S/C16H24N2OS/c1-11(2)13-4-6-14(7-5-13)12(3)18-16(19)15-10-20-9-8-17-15/h4-7,11-12,15,17H,8-10H2,1-3H3,(H,18,19). The smallest absolute Gasteiger partial charge is 0.238 e. The fourth-order valence-electron chi connectivity index (χ4n) is 2.30. The Labute approximate surface area is 125 Å². The zero-order chi connectivity index (χ0) is 14.5. The van der Waals surface area contributed by atoms with Gasteiger partial charge < -0.3 is 10.6 Å². The second-order valence-corrected chi connectivity index (χ2v) is 6.78. The molecule has 2 atom stereocenters. The Morgan fingerprint density at radius 1 is 1.25 bits per heavy atom. The summed E-state index contributed by atoms with van der Waals surface area (Å²) in [6, 6.07) is 8.53. The van der Waals surface area contributed by atoms with Crippen molar-refractivity contribution in [2.24, 2.45) is 0 Å². The Balaban J connectivity index is 1.93. The number of benzene rings is 1. The minimum atomic E-state index is -0.0499. The average molecular weight is 292 g/mol. The normalized spacial score (nSPS) is 20.7. The lowest BCUT2D eigenvalue weighted by Crippen LogP contribution is -2.49. The van der Waals surface area contributed by atoms with Crippen LogP contribution < -0.4 is 10.6 Å². The quantitative estimate of drug-likeness (QED) is 0.896.